The van der Waals surface area contributed by atoms with Crippen molar-refractivity contribution < 1.29 is 9.53 Å². The van der Waals surface area contributed by atoms with Crippen LogP contribution in [0.15, 0.2) is 60.7 Å². The Kier molecular flexibility index (Phi) is 5.54. The van der Waals surface area contributed by atoms with Gasteiger partial charge in [-0.2, -0.15) is 0 Å². The van der Waals surface area contributed by atoms with Gasteiger partial charge in [0.05, 0.1) is 12.6 Å². The summed E-state index contributed by atoms with van der Waals surface area (Å²) in [4.78, 5) is 14.8. The zero-order chi connectivity index (χ0) is 17.8. The minimum Gasteiger partial charge on any atom is -0.465 e. The predicted octanol–water partition coefficient (Wildman–Crippen LogP) is 4.44. The number of ether oxygens (including phenoxy) is 1. The van der Waals surface area contributed by atoms with E-state index in [0.29, 0.717) is 12.5 Å². The molecular formula is C22H27NO2. The van der Waals surface area contributed by atoms with Crippen LogP contribution in [0.1, 0.15) is 44.4 Å². The molecule has 1 heterocycles. The Morgan fingerprint density at radius 2 is 1.52 bits per heavy atom. The van der Waals surface area contributed by atoms with E-state index in [9.17, 15) is 4.79 Å². The molecule has 132 valence electrons. The molecule has 0 N–H and O–H groups in total. The monoisotopic (exact) mass is 337 g/mol. The van der Waals surface area contributed by atoms with Gasteiger partial charge in [0.2, 0.25) is 0 Å². The lowest BCUT2D eigenvalue weighted by molar-refractivity contribution is -0.143. The Labute approximate surface area is 150 Å². The second kappa shape index (κ2) is 7.83. The quantitative estimate of drug-likeness (QED) is 0.552. The third-order valence-electron chi connectivity index (χ3n) is 4.75. The van der Waals surface area contributed by atoms with Crippen LogP contribution in [0.4, 0.5) is 0 Å². The molecule has 0 bridgehead atoms. The minimum atomic E-state index is -0.146. The van der Waals surface area contributed by atoms with E-state index in [-0.39, 0.29) is 24.1 Å². The molecule has 2 aromatic rings. The third-order valence-corrected chi connectivity index (χ3v) is 4.75. The summed E-state index contributed by atoms with van der Waals surface area (Å²) in [5.41, 5.74) is 2.43. The number of esters is 1. The summed E-state index contributed by atoms with van der Waals surface area (Å²) in [6.07, 6.45) is 1.000. The van der Waals surface area contributed by atoms with E-state index < -0.39 is 0 Å². The third kappa shape index (κ3) is 3.93. The molecule has 25 heavy (non-hydrogen) atoms. The minimum absolute atomic E-state index is 0.0838. The van der Waals surface area contributed by atoms with Crippen molar-refractivity contribution in [1.29, 1.82) is 0 Å². The van der Waals surface area contributed by atoms with Gasteiger partial charge < -0.3 is 4.74 Å². The average Bonchev–Trinajstić information content (AvgIpc) is 3.29. The molecule has 0 aromatic heterocycles. The molecule has 3 atom stereocenters. The first-order valence-corrected chi connectivity index (χ1v) is 9.17. The van der Waals surface area contributed by atoms with E-state index in [4.69, 9.17) is 4.74 Å². The van der Waals surface area contributed by atoms with Gasteiger partial charge in [-0.3, -0.25) is 9.69 Å². The molecule has 3 nitrogen and oxygen atoms in total. The van der Waals surface area contributed by atoms with Crippen LogP contribution in [-0.4, -0.2) is 29.6 Å². The Morgan fingerprint density at radius 3 is 1.96 bits per heavy atom. The molecule has 2 aromatic carbocycles. The Bertz CT molecular complexity index is 644. The van der Waals surface area contributed by atoms with Crippen molar-refractivity contribution in [3.8, 4) is 0 Å². The molecule has 0 radical (unpaired) electrons. The standard InChI is InChI=1S/C22H27NO2/c1-4-25-22(24)21-19(15-16(2)3)23(21)20(17-11-7-5-8-12-17)18-13-9-6-10-14-18/h5-14,16,19-21H,4,15H2,1-3H3/t19-,21-,23?/m1/s1. The molecule has 0 spiro atoms. The molecule has 1 aliphatic heterocycles. The number of rotatable bonds is 7. The van der Waals surface area contributed by atoms with Gasteiger partial charge in [0.15, 0.2) is 0 Å². The molecule has 3 heteroatoms. The van der Waals surface area contributed by atoms with Crippen molar-refractivity contribution >= 4 is 5.97 Å². The second-order valence-corrected chi connectivity index (χ2v) is 7.06. The van der Waals surface area contributed by atoms with Crippen LogP contribution in [0.3, 0.4) is 0 Å². The van der Waals surface area contributed by atoms with Crippen molar-refractivity contribution in [1.82, 2.24) is 4.90 Å². The summed E-state index contributed by atoms with van der Waals surface area (Å²) in [6.45, 7) is 6.71. The summed E-state index contributed by atoms with van der Waals surface area (Å²) in [5.74, 6) is 0.448. The highest BCUT2D eigenvalue weighted by molar-refractivity contribution is 5.80. The van der Waals surface area contributed by atoms with Crippen LogP contribution >= 0.6 is 0 Å². The average molecular weight is 337 g/mol. The first-order chi connectivity index (χ1) is 12.1. The summed E-state index contributed by atoms with van der Waals surface area (Å²) < 4.78 is 5.35. The van der Waals surface area contributed by atoms with Crippen molar-refractivity contribution in [2.75, 3.05) is 6.61 Å². The van der Waals surface area contributed by atoms with Gasteiger partial charge in [0.1, 0.15) is 6.04 Å². The highest BCUT2D eigenvalue weighted by Crippen LogP contribution is 2.45. The molecule has 3 rings (SSSR count). The number of benzene rings is 2. The summed E-state index contributed by atoms with van der Waals surface area (Å²) in [7, 11) is 0. The van der Waals surface area contributed by atoms with Gasteiger partial charge in [-0.05, 0) is 30.4 Å². The Hall–Kier alpha value is -2.13. The van der Waals surface area contributed by atoms with Crippen LogP contribution < -0.4 is 0 Å². The maximum Gasteiger partial charge on any atom is 0.325 e. The topological polar surface area (TPSA) is 29.3 Å². The first kappa shape index (κ1) is 17.7. The molecule has 1 unspecified atom stereocenters. The van der Waals surface area contributed by atoms with Gasteiger partial charge in [0.25, 0.3) is 0 Å². The first-order valence-electron chi connectivity index (χ1n) is 9.17. The molecule has 0 amide bonds. The Balaban J connectivity index is 1.95. The zero-order valence-corrected chi connectivity index (χ0v) is 15.3. The number of carbonyl (C=O) groups is 1. The van der Waals surface area contributed by atoms with Gasteiger partial charge in [-0.1, -0.05) is 74.5 Å². The fraction of sp³-hybridized carbons (Fsp3) is 0.409. The number of nitrogens with zero attached hydrogens (tertiary/aromatic N) is 1. The SMILES string of the molecule is CCOC(=O)[C@H]1[C@@H](CC(C)C)N1C(c1ccccc1)c1ccccc1. The van der Waals surface area contributed by atoms with E-state index >= 15 is 0 Å². The molecule has 0 aliphatic carbocycles. The fourth-order valence-corrected chi connectivity index (χ4v) is 3.70. The van der Waals surface area contributed by atoms with Crippen LogP contribution in [0.5, 0.6) is 0 Å². The van der Waals surface area contributed by atoms with Gasteiger partial charge in [-0.25, -0.2) is 0 Å². The summed E-state index contributed by atoms with van der Waals surface area (Å²) >= 11 is 0. The highest BCUT2D eigenvalue weighted by Gasteiger charge is 2.56. The predicted molar refractivity (Wildman–Crippen MR) is 100 cm³/mol. The molecule has 1 aliphatic rings. The number of hydrogen-bond acceptors (Lipinski definition) is 3. The number of carbonyl (C=O) groups excluding carboxylic acids is 1. The van der Waals surface area contributed by atoms with Crippen LogP contribution in [-0.2, 0) is 9.53 Å². The van der Waals surface area contributed by atoms with Crippen LogP contribution in [0, 0.1) is 5.92 Å². The smallest absolute Gasteiger partial charge is 0.325 e. The van der Waals surface area contributed by atoms with E-state index in [0.717, 1.165) is 6.42 Å². The fourth-order valence-electron chi connectivity index (χ4n) is 3.70. The summed E-state index contributed by atoms with van der Waals surface area (Å²) in [5, 5.41) is 0. The van der Waals surface area contributed by atoms with E-state index in [1.165, 1.54) is 11.1 Å². The van der Waals surface area contributed by atoms with Gasteiger partial charge >= 0.3 is 5.97 Å². The molecule has 1 fully saturated rings. The van der Waals surface area contributed by atoms with Gasteiger partial charge in [-0.15, -0.1) is 0 Å². The van der Waals surface area contributed by atoms with E-state index in [2.05, 4.69) is 67.3 Å². The summed E-state index contributed by atoms with van der Waals surface area (Å²) in [6, 6.07) is 21.1. The second-order valence-electron chi connectivity index (χ2n) is 7.06. The molecule has 1 saturated heterocycles. The lowest BCUT2D eigenvalue weighted by Crippen LogP contribution is -2.20. The highest BCUT2D eigenvalue weighted by atomic mass is 16.5. The largest absolute Gasteiger partial charge is 0.465 e. The maximum atomic E-state index is 12.5. The number of hydrogen-bond donors (Lipinski definition) is 0. The van der Waals surface area contributed by atoms with E-state index in [1.54, 1.807) is 0 Å². The lowest BCUT2D eigenvalue weighted by Gasteiger charge is -2.21. The normalized spacial score (nSPS) is 22.2. The van der Waals surface area contributed by atoms with Crippen molar-refractivity contribution in [3.63, 3.8) is 0 Å². The van der Waals surface area contributed by atoms with Crippen molar-refractivity contribution in [2.24, 2.45) is 5.92 Å². The molecule has 0 saturated carbocycles. The zero-order valence-electron chi connectivity index (χ0n) is 15.3. The van der Waals surface area contributed by atoms with Gasteiger partial charge in [0, 0.05) is 6.04 Å². The van der Waals surface area contributed by atoms with Crippen LogP contribution in [0.25, 0.3) is 0 Å². The van der Waals surface area contributed by atoms with Crippen molar-refractivity contribution in [2.45, 2.75) is 45.3 Å². The maximum absolute atomic E-state index is 12.5. The van der Waals surface area contributed by atoms with Crippen molar-refractivity contribution in [3.05, 3.63) is 71.8 Å². The lowest BCUT2D eigenvalue weighted by atomic mass is 9.98. The van der Waals surface area contributed by atoms with E-state index in [1.807, 2.05) is 19.1 Å². The van der Waals surface area contributed by atoms with Crippen LogP contribution in [0.2, 0.25) is 0 Å². The Morgan fingerprint density at radius 1 is 1.00 bits per heavy atom. The molecular weight excluding hydrogens is 310 g/mol.